The molecule has 2 nitrogen and oxygen atoms in total. The van der Waals surface area contributed by atoms with Gasteiger partial charge in [0.25, 0.3) is 0 Å². The Morgan fingerprint density at radius 1 is 0.947 bits per heavy atom. The number of unbranched alkanes of at least 4 members (excludes halogenated alkanes) is 1. The average Bonchev–Trinajstić information content (AvgIpc) is 2.46. The van der Waals surface area contributed by atoms with Crippen LogP contribution in [0.2, 0.25) is 0 Å². The van der Waals surface area contributed by atoms with Crippen LogP contribution in [0.15, 0.2) is 48.5 Å². The summed E-state index contributed by atoms with van der Waals surface area (Å²) >= 11 is 0. The Hall–Kier alpha value is -1.74. The van der Waals surface area contributed by atoms with Gasteiger partial charge in [0.15, 0.2) is 0 Å². The molecule has 1 aliphatic rings. The van der Waals surface area contributed by atoms with Crippen molar-refractivity contribution in [3.63, 3.8) is 0 Å². The van der Waals surface area contributed by atoms with E-state index in [1.54, 1.807) is 0 Å². The van der Waals surface area contributed by atoms with Crippen molar-refractivity contribution in [2.75, 3.05) is 11.9 Å². The molecule has 19 heavy (non-hydrogen) atoms. The van der Waals surface area contributed by atoms with Crippen LogP contribution in [0.3, 0.4) is 0 Å². The SMILES string of the molecule is CCCCOB1c2ccccc2Nc2ccccc21. The lowest BCUT2D eigenvalue weighted by atomic mass is 9.52. The van der Waals surface area contributed by atoms with Crippen molar-refractivity contribution < 1.29 is 4.65 Å². The maximum Gasteiger partial charge on any atom is 0.365 e. The number of nitrogens with one attached hydrogen (secondary N) is 1. The summed E-state index contributed by atoms with van der Waals surface area (Å²) in [4.78, 5) is 0. The second-order valence-electron chi connectivity index (χ2n) is 4.90. The van der Waals surface area contributed by atoms with E-state index in [1.807, 2.05) is 0 Å². The molecule has 3 heteroatoms. The predicted octanol–water partition coefficient (Wildman–Crippen LogP) is 2.67. The monoisotopic (exact) mass is 251 g/mol. The standard InChI is InChI=1S/C16H18BNO/c1-2-3-12-19-17-13-8-4-6-10-15(13)18-16-11-7-5-9-14(16)17/h4-11,18H,2-3,12H2,1H3. The highest BCUT2D eigenvalue weighted by Gasteiger charge is 2.30. The highest BCUT2D eigenvalue weighted by molar-refractivity contribution is 6.83. The Kier molecular flexibility index (Phi) is 3.56. The smallest absolute Gasteiger partial charge is 0.365 e. The zero-order valence-corrected chi connectivity index (χ0v) is 11.2. The molecule has 0 aliphatic carbocycles. The van der Waals surface area contributed by atoms with E-state index in [4.69, 9.17) is 4.65 Å². The highest BCUT2D eigenvalue weighted by atomic mass is 16.4. The summed E-state index contributed by atoms with van der Waals surface area (Å²) in [5.41, 5.74) is 4.78. The van der Waals surface area contributed by atoms with Crippen molar-refractivity contribution in [2.24, 2.45) is 0 Å². The lowest BCUT2D eigenvalue weighted by Gasteiger charge is -2.26. The minimum absolute atomic E-state index is 0.0557. The molecule has 0 bridgehead atoms. The zero-order valence-electron chi connectivity index (χ0n) is 11.2. The Labute approximate surface area is 114 Å². The molecular weight excluding hydrogens is 233 g/mol. The van der Waals surface area contributed by atoms with Gasteiger partial charge in [0.1, 0.15) is 0 Å². The number of fused-ring (bicyclic) bond motifs is 2. The average molecular weight is 251 g/mol. The highest BCUT2D eigenvalue weighted by Crippen LogP contribution is 2.19. The maximum absolute atomic E-state index is 6.14. The molecule has 1 N–H and O–H groups in total. The van der Waals surface area contributed by atoms with Crippen molar-refractivity contribution in [1.82, 2.24) is 0 Å². The Morgan fingerprint density at radius 3 is 2.11 bits per heavy atom. The van der Waals surface area contributed by atoms with Gasteiger partial charge in [-0.2, -0.15) is 0 Å². The van der Waals surface area contributed by atoms with E-state index in [2.05, 4.69) is 60.8 Å². The zero-order chi connectivity index (χ0) is 13.1. The first-order valence-corrected chi connectivity index (χ1v) is 6.96. The van der Waals surface area contributed by atoms with Crippen LogP contribution in [-0.2, 0) is 4.65 Å². The topological polar surface area (TPSA) is 21.3 Å². The molecule has 0 fully saturated rings. The van der Waals surface area contributed by atoms with Gasteiger partial charge in [-0.15, -0.1) is 0 Å². The van der Waals surface area contributed by atoms with Crippen LogP contribution in [-0.4, -0.2) is 13.5 Å². The third kappa shape index (κ3) is 2.38. The third-order valence-corrected chi connectivity index (χ3v) is 3.54. The summed E-state index contributed by atoms with van der Waals surface area (Å²) < 4.78 is 6.14. The van der Waals surface area contributed by atoms with Crippen LogP contribution < -0.4 is 16.2 Å². The van der Waals surface area contributed by atoms with E-state index in [0.29, 0.717) is 0 Å². The van der Waals surface area contributed by atoms with Gasteiger partial charge < -0.3 is 9.97 Å². The minimum atomic E-state index is 0.0557. The van der Waals surface area contributed by atoms with Crippen LogP contribution in [0.25, 0.3) is 0 Å². The molecule has 2 aromatic rings. The summed E-state index contributed by atoms with van der Waals surface area (Å²) in [5, 5.41) is 3.48. The van der Waals surface area contributed by atoms with E-state index < -0.39 is 0 Å². The van der Waals surface area contributed by atoms with E-state index >= 15 is 0 Å². The Bertz CT molecular complexity index is 525. The van der Waals surface area contributed by atoms with E-state index in [0.717, 1.165) is 30.8 Å². The van der Waals surface area contributed by atoms with Crippen molar-refractivity contribution in [3.8, 4) is 0 Å². The van der Waals surface area contributed by atoms with E-state index in [-0.39, 0.29) is 6.92 Å². The molecule has 1 heterocycles. The quantitative estimate of drug-likeness (QED) is 0.666. The summed E-state index contributed by atoms with van der Waals surface area (Å²) in [6.07, 6.45) is 2.27. The molecule has 0 amide bonds. The molecule has 96 valence electrons. The third-order valence-electron chi connectivity index (χ3n) is 3.54. The second kappa shape index (κ2) is 5.49. The van der Waals surface area contributed by atoms with Crippen LogP contribution >= 0.6 is 0 Å². The predicted molar refractivity (Wildman–Crippen MR) is 82.0 cm³/mol. The van der Waals surface area contributed by atoms with E-state index in [1.165, 1.54) is 10.9 Å². The molecule has 0 atom stereocenters. The van der Waals surface area contributed by atoms with Crippen molar-refractivity contribution >= 4 is 29.2 Å². The minimum Gasteiger partial charge on any atom is -0.427 e. The normalized spacial score (nSPS) is 12.6. The summed E-state index contributed by atoms with van der Waals surface area (Å²) in [5.74, 6) is 0. The fourth-order valence-electron chi connectivity index (χ4n) is 2.52. The molecule has 0 radical (unpaired) electrons. The van der Waals surface area contributed by atoms with Crippen LogP contribution in [0.1, 0.15) is 19.8 Å². The van der Waals surface area contributed by atoms with Gasteiger partial charge in [-0.05, 0) is 29.5 Å². The fraction of sp³-hybridized carbons (Fsp3) is 0.250. The summed E-state index contributed by atoms with van der Waals surface area (Å²) in [6, 6.07) is 16.8. The molecular formula is C16H18BNO. The van der Waals surface area contributed by atoms with Crippen LogP contribution in [0.4, 0.5) is 11.4 Å². The molecule has 0 unspecified atom stereocenters. The Balaban J connectivity index is 1.96. The van der Waals surface area contributed by atoms with Gasteiger partial charge in [-0.25, -0.2) is 0 Å². The molecule has 0 saturated carbocycles. The van der Waals surface area contributed by atoms with Gasteiger partial charge >= 0.3 is 6.92 Å². The number of benzene rings is 2. The largest absolute Gasteiger partial charge is 0.427 e. The molecule has 2 aromatic carbocycles. The lowest BCUT2D eigenvalue weighted by Crippen LogP contribution is -2.50. The molecule has 3 rings (SSSR count). The van der Waals surface area contributed by atoms with Crippen LogP contribution in [0.5, 0.6) is 0 Å². The van der Waals surface area contributed by atoms with Crippen molar-refractivity contribution in [3.05, 3.63) is 48.5 Å². The summed E-state index contributed by atoms with van der Waals surface area (Å²) in [6.45, 7) is 3.05. The first kappa shape index (κ1) is 12.3. The summed E-state index contributed by atoms with van der Waals surface area (Å²) in [7, 11) is 0. The first-order valence-electron chi connectivity index (χ1n) is 6.96. The number of hydrogen-bond acceptors (Lipinski definition) is 2. The number of para-hydroxylation sites is 2. The fourth-order valence-corrected chi connectivity index (χ4v) is 2.52. The van der Waals surface area contributed by atoms with Gasteiger partial charge in [-0.3, -0.25) is 0 Å². The second-order valence-corrected chi connectivity index (χ2v) is 4.90. The van der Waals surface area contributed by atoms with Crippen LogP contribution in [0, 0.1) is 0 Å². The Morgan fingerprint density at radius 2 is 1.53 bits per heavy atom. The number of rotatable bonds is 4. The van der Waals surface area contributed by atoms with Crippen molar-refractivity contribution in [2.45, 2.75) is 19.8 Å². The van der Waals surface area contributed by atoms with E-state index in [9.17, 15) is 0 Å². The molecule has 1 aliphatic heterocycles. The van der Waals surface area contributed by atoms with Gasteiger partial charge in [0.05, 0.1) is 0 Å². The molecule has 0 saturated heterocycles. The first-order chi connectivity index (χ1) is 9.40. The van der Waals surface area contributed by atoms with Gasteiger partial charge in [0, 0.05) is 18.0 Å². The molecule has 0 spiro atoms. The maximum atomic E-state index is 6.14. The number of anilines is 2. The number of hydrogen-bond donors (Lipinski definition) is 1. The van der Waals surface area contributed by atoms with Crippen molar-refractivity contribution in [1.29, 1.82) is 0 Å². The lowest BCUT2D eigenvalue weighted by molar-refractivity contribution is 0.324. The molecule has 0 aromatic heterocycles. The van der Waals surface area contributed by atoms with Gasteiger partial charge in [0.2, 0.25) is 0 Å². The van der Waals surface area contributed by atoms with Gasteiger partial charge in [-0.1, -0.05) is 49.7 Å².